The Balaban J connectivity index is 2.12. The van der Waals surface area contributed by atoms with Gasteiger partial charge in [-0.3, -0.25) is 14.6 Å². The van der Waals surface area contributed by atoms with E-state index in [9.17, 15) is 14.7 Å². The number of amides is 2. The number of rotatable bonds is 3. The van der Waals surface area contributed by atoms with E-state index in [2.05, 4.69) is 4.98 Å². The number of aliphatic hydroxyl groups excluding tert-OH is 1. The minimum Gasteiger partial charge on any atom is -0.389 e. The second kappa shape index (κ2) is 6.67. The first-order valence-electron chi connectivity index (χ1n) is 7.12. The van der Waals surface area contributed by atoms with Crippen LogP contribution in [0.15, 0.2) is 24.5 Å². The van der Waals surface area contributed by atoms with Crippen LogP contribution in [-0.4, -0.2) is 64.0 Å². The van der Waals surface area contributed by atoms with Crippen molar-refractivity contribution in [2.75, 3.05) is 26.2 Å². The van der Waals surface area contributed by atoms with Crippen LogP contribution < -0.4 is 0 Å². The van der Waals surface area contributed by atoms with Gasteiger partial charge >= 0.3 is 0 Å². The Bertz CT molecular complexity index is 504. The SMILES string of the molecule is CC(C)CN1CC(O)CN(C(=O)c2cccnc2)CC1=O. The van der Waals surface area contributed by atoms with Crippen LogP contribution in [-0.2, 0) is 4.79 Å². The van der Waals surface area contributed by atoms with Gasteiger partial charge in [0.05, 0.1) is 11.7 Å². The highest BCUT2D eigenvalue weighted by Crippen LogP contribution is 2.11. The summed E-state index contributed by atoms with van der Waals surface area (Å²) in [4.78, 5) is 31.6. The molecule has 1 aromatic heterocycles. The molecule has 0 saturated carbocycles. The number of carbonyl (C=O) groups excluding carboxylic acids is 2. The van der Waals surface area contributed by atoms with E-state index >= 15 is 0 Å². The van der Waals surface area contributed by atoms with Crippen LogP contribution in [0.4, 0.5) is 0 Å². The van der Waals surface area contributed by atoms with E-state index < -0.39 is 6.10 Å². The van der Waals surface area contributed by atoms with Crippen molar-refractivity contribution in [3.63, 3.8) is 0 Å². The highest BCUT2D eigenvalue weighted by Gasteiger charge is 2.30. The van der Waals surface area contributed by atoms with Crippen molar-refractivity contribution >= 4 is 11.8 Å². The van der Waals surface area contributed by atoms with Gasteiger partial charge in [-0.05, 0) is 18.1 Å². The molecule has 6 heteroatoms. The summed E-state index contributed by atoms with van der Waals surface area (Å²) in [6, 6.07) is 3.33. The highest BCUT2D eigenvalue weighted by atomic mass is 16.3. The van der Waals surface area contributed by atoms with Gasteiger partial charge in [0.2, 0.25) is 5.91 Å². The summed E-state index contributed by atoms with van der Waals surface area (Å²) >= 11 is 0. The minimum absolute atomic E-state index is 0.00247. The molecule has 1 N–H and O–H groups in total. The number of pyridine rings is 1. The second-order valence-corrected chi connectivity index (χ2v) is 5.77. The van der Waals surface area contributed by atoms with Gasteiger partial charge in [0.15, 0.2) is 0 Å². The van der Waals surface area contributed by atoms with Crippen molar-refractivity contribution in [2.24, 2.45) is 5.92 Å². The third kappa shape index (κ3) is 4.01. The largest absolute Gasteiger partial charge is 0.389 e. The first-order chi connectivity index (χ1) is 9.97. The Kier molecular flexibility index (Phi) is 4.90. The summed E-state index contributed by atoms with van der Waals surface area (Å²) in [6.07, 6.45) is 2.33. The lowest BCUT2D eigenvalue weighted by Gasteiger charge is -2.23. The van der Waals surface area contributed by atoms with E-state index in [0.29, 0.717) is 18.0 Å². The molecule has 114 valence electrons. The smallest absolute Gasteiger partial charge is 0.255 e. The van der Waals surface area contributed by atoms with Gasteiger partial charge in [0.25, 0.3) is 5.91 Å². The van der Waals surface area contributed by atoms with Gasteiger partial charge in [0, 0.05) is 32.0 Å². The third-order valence-electron chi connectivity index (χ3n) is 3.32. The first kappa shape index (κ1) is 15.4. The van der Waals surface area contributed by atoms with Gasteiger partial charge in [0.1, 0.15) is 6.54 Å². The normalized spacial score (nSPS) is 19.8. The van der Waals surface area contributed by atoms with E-state index in [-0.39, 0.29) is 31.4 Å². The summed E-state index contributed by atoms with van der Waals surface area (Å²) in [7, 11) is 0. The molecule has 2 heterocycles. The summed E-state index contributed by atoms with van der Waals surface area (Å²) in [6.45, 7) is 5.05. The summed E-state index contributed by atoms with van der Waals surface area (Å²) in [5.41, 5.74) is 0.426. The number of carbonyl (C=O) groups is 2. The molecule has 1 aromatic rings. The van der Waals surface area contributed by atoms with E-state index in [0.717, 1.165) is 0 Å². The lowest BCUT2D eigenvalue weighted by molar-refractivity contribution is -0.131. The fourth-order valence-corrected chi connectivity index (χ4v) is 2.44. The second-order valence-electron chi connectivity index (χ2n) is 5.77. The van der Waals surface area contributed by atoms with Crippen molar-refractivity contribution < 1.29 is 14.7 Å². The summed E-state index contributed by atoms with van der Waals surface area (Å²) in [5, 5.41) is 10.1. The van der Waals surface area contributed by atoms with E-state index in [4.69, 9.17) is 0 Å². The highest BCUT2D eigenvalue weighted by molar-refractivity contribution is 5.96. The first-order valence-corrected chi connectivity index (χ1v) is 7.12. The molecule has 2 amide bonds. The molecule has 0 spiro atoms. The fourth-order valence-electron chi connectivity index (χ4n) is 2.44. The molecular weight excluding hydrogens is 270 g/mol. The van der Waals surface area contributed by atoms with Crippen molar-refractivity contribution in [1.29, 1.82) is 0 Å². The van der Waals surface area contributed by atoms with Crippen LogP contribution >= 0.6 is 0 Å². The van der Waals surface area contributed by atoms with Crippen LogP contribution in [0.25, 0.3) is 0 Å². The number of β-amino-alcohol motifs (C(OH)–C–C–N with tert-alkyl or cyclic N) is 1. The number of aromatic nitrogens is 1. The zero-order valence-corrected chi connectivity index (χ0v) is 12.4. The Morgan fingerprint density at radius 3 is 2.86 bits per heavy atom. The Labute approximate surface area is 124 Å². The van der Waals surface area contributed by atoms with E-state index in [1.54, 1.807) is 23.2 Å². The number of nitrogens with zero attached hydrogens (tertiary/aromatic N) is 3. The molecule has 6 nitrogen and oxygen atoms in total. The molecule has 1 fully saturated rings. The Morgan fingerprint density at radius 1 is 1.48 bits per heavy atom. The third-order valence-corrected chi connectivity index (χ3v) is 3.32. The monoisotopic (exact) mass is 291 g/mol. The van der Waals surface area contributed by atoms with Crippen molar-refractivity contribution in [3.05, 3.63) is 30.1 Å². The summed E-state index contributed by atoms with van der Waals surface area (Å²) in [5.74, 6) is -0.0823. The lowest BCUT2D eigenvalue weighted by Crippen LogP contribution is -2.40. The molecule has 1 unspecified atom stereocenters. The molecule has 0 aliphatic carbocycles. The zero-order chi connectivity index (χ0) is 15.4. The molecule has 0 aromatic carbocycles. The molecular formula is C15H21N3O3. The van der Waals surface area contributed by atoms with Crippen LogP contribution in [0.2, 0.25) is 0 Å². The van der Waals surface area contributed by atoms with Gasteiger partial charge < -0.3 is 14.9 Å². The predicted molar refractivity (Wildman–Crippen MR) is 77.6 cm³/mol. The average molecular weight is 291 g/mol. The number of aliphatic hydroxyl groups is 1. The average Bonchev–Trinajstić information content (AvgIpc) is 2.58. The zero-order valence-electron chi connectivity index (χ0n) is 12.4. The summed E-state index contributed by atoms with van der Waals surface area (Å²) < 4.78 is 0. The Hall–Kier alpha value is -1.95. The maximum atomic E-state index is 12.4. The quantitative estimate of drug-likeness (QED) is 0.874. The molecule has 1 aliphatic heterocycles. The number of hydrogen-bond acceptors (Lipinski definition) is 4. The maximum absolute atomic E-state index is 12.4. The van der Waals surface area contributed by atoms with Gasteiger partial charge in [-0.25, -0.2) is 0 Å². The molecule has 21 heavy (non-hydrogen) atoms. The fraction of sp³-hybridized carbons (Fsp3) is 0.533. The van der Waals surface area contributed by atoms with Crippen LogP contribution in [0, 0.1) is 5.92 Å². The van der Waals surface area contributed by atoms with Gasteiger partial charge in [-0.15, -0.1) is 0 Å². The lowest BCUT2D eigenvalue weighted by atomic mass is 10.2. The predicted octanol–water partition coefficient (Wildman–Crippen LogP) is 0.383. The van der Waals surface area contributed by atoms with Crippen LogP contribution in [0.5, 0.6) is 0 Å². The molecule has 2 rings (SSSR count). The maximum Gasteiger partial charge on any atom is 0.255 e. The molecule has 1 saturated heterocycles. The molecule has 1 aliphatic rings. The minimum atomic E-state index is -0.726. The van der Waals surface area contributed by atoms with Gasteiger partial charge in [-0.2, -0.15) is 0 Å². The van der Waals surface area contributed by atoms with Crippen molar-refractivity contribution in [2.45, 2.75) is 20.0 Å². The van der Waals surface area contributed by atoms with Crippen LogP contribution in [0.3, 0.4) is 0 Å². The topological polar surface area (TPSA) is 73.7 Å². The van der Waals surface area contributed by atoms with E-state index in [1.807, 2.05) is 13.8 Å². The van der Waals surface area contributed by atoms with E-state index in [1.165, 1.54) is 11.1 Å². The van der Waals surface area contributed by atoms with Gasteiger partial charge in [-0.1, -0.05) is 13.8 Å². The van der Waals surface area contributed by atoms with Crippen LogP contribution in [0.1, 0.15) is 24.2 Å². The molecule has 1 atom stereocenters. The molecule has 0 radical (unpaired) electrons. The number of hydrogen-bond donors (Lipinski definition) is 1. The van der Waals surface area contributed by atoms with Crippen molar-refractivity contribution in [1.82, 2.24) is 14.8 Å². The standard InChI is InChI=1S/C15H21N3O3/c1-11(2)7-17-8-13(19)9-18(10-14(17)20)15(21)12-4-3-5-16-6-12/h3-6,11,13,19H,7-10H2,1-2H3. The van der Waals surface area contributed by atoms with Crippen molar-refractivity contribution in [3.8, 4) is 0 Å². The Morgan fingerprint density at radius 2 is 2.24 bits per heavy atom. The molecule has 0 bridgehead atoms.